The van der Waals surface area contributed by atoms with Crippen LogP contribution in [0.4, 0.5) is 0 Å². The van der Waals surface area contributed by atoms with E-state index in [0.717, 1.165) is 0 Å². The molecule has 0 aliphatic rings. The molecule has 1 aromatic carbocycles. The second kappa shape index (κ2) is 5.06. The number of Topliss-reactive ketones (excluding diaryl/α,β-unsaturated/α-hetero) is 1. The van der Waals surface area contributed by atoms with Crippen LogP contribution in [-0.2, 0) is 14.4 Å². The van der Waals surface area contributed by atoms with Gasteiger partial charge in [0.05, 0.1) is 0 Å². The van der Waals surface area contributed by atoms with E-state index in [2.05, 4.69) is 5.32 Å². The lowest BCUT2D eigenvalue weighted by atomic mass is 10.0. The second-order valence-corrected chi connectivity index (χ2v) is 3.27. The van der Waals surface area contributed by atoms with E-state index in [-0.39, 0.29) is 0 Å². The molecule has 0 fully saturated rings. The van der Waals surface area contributed by atoms with Crippen molar-refractivity contribution in [3.05, 3.63) is 35.9 Å². The lowest BCUT2D eigenvalue weighted by Crippen LogP contribution is -2.38. The van der Waals surface area contributed by atoms with Crippen molar-refractivity contribution in [1.82, 2.24) is 5.32 Å². The van der Waals surface area contributed by atoms with Gasteiger partial charge in [-0.15, -0.1) is 0 Å². The monoisotopic (exact) mass is 220 g/mol. The zero-order chi connectivity index (χ0) is 12.1. The predicted octanol–water partition coefficient (Wildman–Crippen LogP) is -0.0818. The molecule has 1 unspecified atom stereocenters. The van der Waals surface area contributed by atoms with Crippen molar-refractivity contribution in [3.8, 4) is 0 Å². The van der Waals surface area contributed by atoms with Gasteiger partial charge in [-0.05, 0) is 5.56 Å². The number of rotatable bonds is 4. The Bertz CT molecular complexity index is 414. The zero-order valence-corrected chi connectivity index (χ0v) is 8.77. The fraction of sp³-hybridized carbons (Fsp3) is 0.182. The highest BCUT2D eigenvalue weighted by molar-refractivity contribution is 6.37. The number of nitrogens with two attached hydrogens (primary N) is 1. The van der Waals surface area contributed by atoms with E-state index in [0.29, 0.717) is 5.56 Å². The van der Waals surface area contributed by atoms with Gasteiger partial charge < -0.3 is 11.1 Å². The average molecular weight is 220 g/mol. The first-order valence-electron chi connectivity index (χ1n) is 4.68. The molecule has 0 aliphatic heterocycles. The highest BCUT2D eigenvalue weighted by Crippen LogP contribution is 2.13. The molecule has 0 aliphatic carbocycles. The first kappa shape index (κ1) is 11.9. The molecule has 0 aromatic heterocycles. The van der Waals surface area contributed by atoms with Crippen LogP contribution in [-0.4, -0.2) is 17.6 Å². The van der Waals surface area contributed by atoms with Gasteiger partial charge in [0.25, 0.3) is 5.91 Å². The van der Waals surface area contributed by atoms with Gasteiger partial charge in [-0.25, -0.2) is 0 Å². The van der Waals surface area contributed by atoms with Gasteiger partial charge in [0, 0.05) is 6.92 Å². The molecule has 0 saturated carbocycles. The number of hydrogen-bond donors (Lipinski definition) is 2. The number of primary amides is 1. The fourth-order valence-corrected chi connectivity index (χ4v) is 1.29. The van der Waals surface area contributed by atoms with Crippen LogP contribution in [0.3, 0.4) is 0 Å². The Morgan fingerprint density at radius 1 is 1.19 bits per heavy atom. The summed E-state index contributed by atoms with van der Waals surface area (Å²) in [6, 6.07) is 7.46. The first-order chi connectivity index (χ1) is 7.52. The van der Waals surface area contributed by atoms with Crippen molar-refractivity contribution in [2.45, 2.75) is 13.0 Å². The molecule has 0 radical (unpaired) electrons. The Morgan fingerprint density at radius 2 is 1.75 bits per heavy atom. The molecule has 1 aromatic rings. The molecule has 5 nitrogen and oxygen atoms in total. The third kappa shape index (κ3) is 2.91. The lowest BCUT2D eigenvalue weighted by Gasteiger charge is -2.14. The molecule has 1 atom stereocenters. The van der Waals surface area contributed by atoms with E-state index in [9.17, 15) is 14.4 Å². The fourth-order valence-electron chi connectivity index (χ4n) is 1.29. The largest absolute Gasteiger partial charge is 0.363 e. The summed E-state index contributed by atoms with van der Waals surface area (Å²) in [6.45, 7) is 1.27. The van der Waals surface area contributed by atoms with E-state index >= 15 is 0 Å². The summed E-state index contributed by atoms with van der Waals surface area (Å²) in [5.74, 6) is -2.30. The van der Waals surface area contributed by atoms with Gasteiger partial charge in [-0.1, -0.05) is 30.3 Å². The van der Waals surface area contributed by atoms with E-state index in [1.165, 1.54) is 6.92 Å². The molecule has 0 spiro atoms. The van der Waals surface area contributed by atoms with Crippen molar-refractivity contribution < 1.29 is 14.4 Å². The highest BCUT2D eigenvalue weighted by Gasteiger charge is 2.25. The lowest BCUT2D eigenvalue weighted by molar-refractivity contribution is -0.138. The summed E-state index contributed by atoms with van der Waals surface area (Å²) in [5.41, 5.74) is 5.44. The Hall–Kier alpha value is -2.17. The molecule has 1 rings (SSSR count). The quantitative estimate of drug-likeness (QED) is 0.695. The van der Waals surface area contributed by atoms with Crippen LogP contribution in [0.1, 0.15) is 18.5 Å². The molecule has 84 valence electrons. The summed E-state index contributed by atoms with van der Waals surface area (Å²) in [7, 11) is 0. The van der Waals surface area contributed by atoms with Crippen LogP contribution < -0.4 is 11.1 Å². The van der Waals surface area contributed by atoms with Gasteiger partial charge in [0.15, 0.2) is 0 Å². The molecule has 5 heteroatoms. The van der Waals surface area contributed by atoms with Crippen LogP contribution in [0, 0.1) is 0 Å². The molecule has 3 N–H and O–H groups in total. The number of benzene rings is 1. The molecule has 2 amide bonds. The maximum atomic E-state index is 11.5. The van der Waals surface area contributed by atoms with Crippen molar-refractivity contribution >= 4 is 17.6 Å². The number of ketones is 1. The standard InChI is InChI=1S/C11H12N2O3/c1-7(14)13-9(10(15)11(12)16)8-5-3-2-4-6-8/h2-6,9H,1H3,(H2,12,16)(H,13,14). The Kier molecular flexibility index (Phi) is 3.77. The summed E-state index contributed by atoms with van der Waals surface area (Å²) in [5, 5.41) is 2.39. The SMILES string of the molecule is CC(=O)NC(C(=O)C(N)=O)c1ccccc1. The average Bonchev–Trinajstić information content (AvgIpc) is 2.26. The molecule has 0 saturated heterocycles. The Morgan fingerprint density at radius 3 is 2.19 bits per heavy atom. The van der Waals surface area contributed by atoms with Crippen molar-refractivity contribution in [2.75, 3.05) is 0 Å². The van der Waals surface area contributed by atoms with Gasteiger partial charge in [0.2, 0.25) is 11.7 Å². The van der Waals surface area contributed by atoms with Gasteiger partial charge >= 0.3 is 0 Å². The zero-order valence-electron chi connectivity index (χ0n) is 8.77. The van der Waals surface area contributed by atoms with Gasteiger partial charge in [-0.3, -0.25) is 14.4 Å². The van der Waals surface area contributed by atoms with E-state index in [4.69, 9.17) is 5.73 Å². The summed E-state index contributed by atoms with van der Waals surface area (Å²) >= 11 is 0. The molecular formula is C11H12N2O3. The molecule has 0 bridgehead atoms. The summed E-state index contributed by atoms with van der Waals surface area (Å²) in [4.78, 5) is 33.2. The van der Waals surface area contributed by atoms with E-state index in [1.807, 2.05) is 0 Å². The number of carbonyl (C=O) groups excluding carboxylic acids is 3. The third-order valence-electron chi connectivity index (χ3n) is 1.99. The smallest absolute Gasteiger partial charge is 0.287 e. The van der Waals surface area contributed by atoms with Crippen molar-refractivity contribution in [1.29, 1.82) is 0 Å². The highest BCUT2D eigenvalue weighted by atomic mass is 16.2. The van der Waals surface area contributed by atoms with E-state index in [1.54, 1.807) is 30.3 Å². The van der Waals surface area contributed by atoms with Crippen LogP contribution in [0.5, 0.6) is 0 Å². The van der Waals surface area contributed by atoms with Crippen LogP contribution in [0.15, 0.2) is 30.3 Å². The number of carbonyl (C=O) groups is 3. The predicted molar refractivity (Wildman–Crippen MR) is 57.2 cm³/mol. The molecular weight excluding hydrogens is 208 g/mol. The maximum absolute atomic E-state index is 11.5. The Balaban J connectivity index is 3.01. The van der Waals surface area contributed by atoms with E-state index < -0.39 is 23.6 Å². The van der Waals surface area contributed by atoms with Gasteiger partial charge in [-0.2, -0.15) is 0 Å². The van der Waals surface area contributed by atoms with Gasteiger partial charge in [0.1, 0.15) is 6.04 Å². The minimum atomic E-state index is -1.07. The van der Waals surface area contributed by atoms with Crippen LogP contribution >= 0.6 is 0 Å². The Labute approximate surface area is 92.6 Å². The van der Waals surface area contributed by atoms with Crippen molar-refractivity contribution in [3.63, 3.8) is 0 Å². The molecule has 16 heavy (non-hydrogen) atoms. The van der Waals surface area contributed by atoms with Crippen LogP contribution in [0.25, 0.3) is 0 Å². The maximum Gasteiger partial charge on any atom is 0.287 e. The van der Waals surface area contributed by atoms with Crippen molar-refractivity contribution in [2.24, 2.45) is 5.73 Å². The number of nitrogens with one attached hydrogen (secondary N) is 1. The topological polar surface area (TPSA) is 89.3 Å². The summed E-state index contributed by atoms with van der Waals surface area (Å²) in [6.07, 6.45) is 0. The first-order valence-corrected chi connectivity index (χ1v) is 4.68. The second-order valence-electron chi connectivity index (χ2n) is 3.27. The normalized spacial score (nSPS) is 11.6. The minimum absolute atomic E-state index is 0.400. The number of amides is 2. The molecule has 0 heterocycles. The summed E-state index contributed by atoms with van der Waals surface area (Å²) < 4.78 is 0. The number of hydrogen-bond acceptors (Lipinski definition) is 3. The minimum Gasteiger partial charge on any atom is -0.363 e. The third-order valence-corrected chi connectivity index (χ3v) is 1.99. The van der Waals surface area contributed by atoms with Crippen LogP contribution in [0.2, 0.25) is 0 Å².